The summed E-state index contributed by atoms with van der Waals surface area (Å²) in [5.74, 6) is 1.26. The van der Waals surface area contributed by atoms with E-state index in [-0.39, 0.29) is 52.1 Å². The van der Waals surface area contributed by atoms with Crippen LogP contribution in [0.1, 0.15) is 44.1 Å². The summed E-state index contributed by atoms with van der Waals surface area (Å²) in [5, 5.41) is 11.6. The van der Waals surface area contributed by atoms with E-state index in [0.717, 1.165) is 38.6 Å². The van der Waals surface area contributed by atoms with Gasteiger partial charge in [0, 0.05) is 43.8 Å². The van der Waals surface area contributed by atoms with Crippen LogP contribution in [0.25, 0.3) is 32.9 Å². The van der Waals surface area contributed by atoms with Crippen LogP contribution in [0.2, 0.25) is 0 Å². The summed E-state index contributed by atoms with van der Waals surface area (Å²) >= 11 is 0. The molecular weight excluding hydrogens is 583 g/mol. The van der Waals surface area contributed by atoms with E-state index >= 15 is 4.39 Å². The maximum atomic E-state index is 16.8. The van der Waals surface area contributed by atoms with Crippen molar-refractivity contribution < 1.29 is 27.8 Å². The highest BCUT2D eigenvalue weighted by molar-refractivity contribution is 6.03. The molecule has 0 bridgehead atoms. The van der Waals surface area contributed by atoms with E-state index in [2.05, 4.69) is 25.7 Å². The summed E-state index contributed by atoms with van der Waals surface area (Å²) in [6.45, 7) is 2.50. The number of benzene rings is 2. The molecule has 11 heteroatoms. The quantitative estimate of drug-likeness (QED) is 0.262. The van der Waals surface area contributed by atoms with Crippen LogP contribution in [0.3, 0.4) is 0 Å². The maximum absolute atomic E-state index is 16.8. The molecule has 2 aromatic carbocycles. The molecule has 234 valence electrons. The summed E-state index contributed by atoms with van der Waals surface area (Å²) in [4.78, 5) is 18.1. The summed E-state index contributed by atoms with van der Waals surface area (Å²) in [7, 11) is 1.65. The Morgan fingerprint density at radius 3 is 2.84 bits per heavy atom. The van der Waals surface area contributed by atoms with Crippen molar-refractivity contribution in [3.05, 3.63) is 47.7 Å². The third-order valence-corrected chi connectivity index (χ3v) is 9.58. The van der Waals surface area contributed by atoms with Crippen molar-refractivity contribution in [2.24, 2.45) is 0 Å². The molecule has 8 nitrogen and oxygen atoms in total. The topological polar surface area (TPSA) is 83.8 Å². The molecule has 0 spiro atoms. The first-order valence-electron chi connectivity index (χ1n) is 15.4. The van der Waals surface area contributed by atoms with Crippen LogP contribution in [-0.4, -0.2) is 82.7 Å². The van der Waals surface area contributed by atoms with E-state index in [1.165, 1.54) is 30.5 Å². The zero-order chi connectivity index (χ0) is 31.3. The van der Waals surface area contributed by atoms with Gasteiger partial charge in [0.2, 0.25) is 0 Å². The average molecular weight is 618 g/mol. The van der Waals surface area contributed by atoms with E-state index in [9.17, 15) is 13.9 Å². The predicted octanol–water partition coefficient (Wildman–Crippen LogP) is 5.77. The van der Waals surface area contributed by atoms with E-state index in [4.69, 9.17) is 20.9 Å². The van der Waals surface area contributed by atoms with Crippen molar-refractivity contribution in [2.45, 2.75) is 56.3 Å². The lowest BCUT2D eigenvalue weighted by Gasteiger charge is -2.37. The Bertz CT molecular complexity index is 1830. The number of methoxy groups -OCH3 is 1. The number of rotatable bonds is 7. The van der Waals surface area contributed by atoms with Crippen LogP contribution in [0.15, 0.2) is 30.5 Å². The Kier molecular flexibility index (Phi) is 7.66. The second kappa shape index (κ2) is 11.7. The zero-order valence-corrected chi connectivity index (χ0v) is 25.0. The van der Waals surface area contributed by atoms with Gasteiger partial charge < -0.3 is 19.5 Å². The van der Waals surface area contributed by atoms with Crippen LogP contribution >= 0.6 is 0 Å². The Morgan fingerprint density at radius 2 is 2.02 bits per heavy atom. The lowest BCUT2D eigenvalue weighted by atomic mass is 9.95. The summed E-state index contributed by atoms with van der Waals surface area (Å²) in [6.07, 6.45) is 11.2. The molecule has 0 radical (unpaired) electrons. The minimum Gasteiger partial charge on any atom is -0.508 e. The van der Waals surface area contributed by atoms with Crippen molar-refractivity contribution in [3.8, 4) is 35.4 Å². The molecule has 3 fully saturated rings. The molecule has 3 atom stereocenters. The molecule has 0 aliphatic carbocycles. The number of phenols is 1. The highest BCUT2D eigenvalue weighted by Gasteiger charge is 2.49. The molecule has 0 saturated carbocycles. The number of ether oxygens (including phenoxy) is 2. The van der Waals surface area contributed by atoms with Gasteiger partial charge in [-0.3, -0.25) is 9.88 Å². The van der Waals surface area contributed by atoms with Gasteiger partial charge in [0.05, 0.1) is 29.1 Å². The molecule has 3 aliphatic heterocycles. The second-order valence-electron chi connectivity index (χ2n) is 12.3. The molecule has 1 N–H and O–H groups in total. The van der Waals surface area contributed by atoms with Gasteiger partial charge in [-0.05, 0) is 62.2 Å². The number of pyridine rings is 1. The maximum Gasteiger partial charge on any atom is 0.319 e. The van der Waals surface area contributed by atoms with E-state index in [1.807, 2.05) is 0 Å². The van der Waals surface area contributed by atoms with Gasteiger partial charge in [-0.2, -0.15) is 9.97 Å². The third kappa shape index (κ3) is 5.10. The molecule has 0 amide bonds. The largest absolute Gasteiger partial charge is 0.508 e. The van der Waals surface area contributed by atoms with Crippen molar-refractivity contribution in [2.75, 3.05) is 44.9 Å². The van der Waals surface area contributed by atoms with Gasteiger partial charge in [-0.15, -0.1) is 6.42 Å². The number of fused-ring (bicyclic) bond motifs is 3. The first kappa shape index (κ1) is 29.6. The highest BCUT2D eigenvalue weighted by Crippen LogP contribution is 2.42. The molecule has 45 heavy (non-hydrogen) atoms. The fourth-order valence-electron chi connectivity index (χ4n) is 7.54. The number of hydrogen-bond acceptors (Lipinski definition) is 8. The molecular formula is C34H34F3N5O3. The molecule has 3 saturated heterocycles. The summed E-state index contributed by atoms with van der Waals surface area (Å²) in [6, 6.07) is 5.43. The number of hydrogen-bond donors (Lipinski definition) is 1. The highest BCUT2D eigenvalue weighted by atomic mass is 19.1. The second-order valence-corrected chi connectivity index (χ2v) is 12.3. The number of phenolic OH excluding ortho intramolecular Hbond substituents is 1. The lowest BCUT2D eigenvalue weighted by molar-refractivity contribution is 0.107. The predicted molar refractivity (Wildman–Crippen MR) is 165 cm³/mol. The Labute approximate surface area is 259 Å². The van der Waals surface area contributed by atoms with E-state index in [1.54, 1.807) is 7.11 Å². The Morgan fingerprint density at radius 1 is 1.16 bits per heavy atom. The van der Waals surface area contributed by atoms with E-state index < -0.39 is 23.3 Å². The number of aromatic hydroxyl groups is 1. The van der Waals surface area contributed by atoms with E-state index in [0.29, 0.717) is 42.7 Å². The van der Waals surface area contributed by atoms with Crippen LogP contribution in [0.4, 0.5) is 19.0 Å². The van der Waals surface area contributed by atoms with Crippen LogP contribution < -0.4 is 9.64 Å². The number of piperidine rings is 1. The fraction of sp³-hybridized carbons (Fsp3) is 0.441. The lowest BCUT2D eigenvalue weighted by Crippen LogP contribution is -2.44. The summed E-state index contributed by atoms with van der Waals surface area (Å²) in [5.41, 5.74) is -0.554. The average Bonchev–Trinajstić information content (AvgIpc) is 3.56. The number of halogens is 3. The molecule has 2 aromatic heterocycles. The standard InChI is InChI=1S/C34H34F3N5O3/c1-3-24-27(36)9-8-20-13-23(43)14-25(28(20)24)30-29(37)31-26(16-38-30)32(42-12-5-4-7-22(42)18-44-2)40-33(39-31)45-19-34-10-6-11-41(34)17-21(35)15-34/h1,8-9,13-14,16,21-22,43H,4-7,10-12,15,17-19H2,2H3/t21-,22+,34+/m1/s1. The SMILES string of the molecule is C#Cc1c(F)ccc2cc(O)cc(-c3ncc4c(N5CCCC[C@H]5COC)nc(OC[C@@]56CCCN5C[C@H](F)C6)nc4c3F)c12. The molecule has 5 heterocycles. The number of anilines is 1. The van der Waals surface area contributed by atoms with Crippen molar-refractivity contribution in [1.82, 2.24) is 19.9 Å². The number of nitrogens with zero attached hydrogens (tertiary/aromatic N) is 5. The number of aromatic nitrogens is 3. The van der Waals surface area contributed by atoms with Crippen molar-refractivity contribution in [3.63, 3.8) is 0 Å². The molecule has 4 aromatic rings. The van der Waals surface area contributed by atoms with Gasteiger partial charge in [0.25, 0.3) is 0 Å². The first-order chi connectivity index (χ1) is 21.8. The normalized spacial score (nSPS) is 23.5. The third-order valence-electron chi connectivity index (χ3n) is 9.58. The Hall–Kier alpha value is -4.14. The summed E-state index contributed by atoms with van der Waals surface area (Å²) < 4.78 is 57.8. The molecule has 3 aliphatic rings. The number of terminal acetylenes is 1. The van der Waals surface area contributed by atoms with Gasteiger partial charge >= 0.3 is 6.01 Å². The molecule has 7 rings (SSSR count). The van der Waals surface area contributed by atoms with Gasteiger partial charge in [0.1, 0.15) is 41.4 Å². The first-order valence-corrected chi connectivity index (χ1v) is 15.4. The van der Waals surface area contributed by atoms with Crippen molar-refractivity contribution in [1.29, 1.82) is 0 Å². The van der Waals surface area contributed by atoms with Crippen molar-refractivity contribution >= 4 is 27.5 Å². The van der Waals surface area contributed by atoms with Gasteiger partial charge in [0.15, 0.2) is 5.82 Å². The smallest absolute Gasteiger partial charge is 0.319 e. The number of alkyl halides is 1. The fourth-order valence-corrected chi connectivity index (χ4v) is 7.54. The zero-order valence-electron chi connectivity index (χ0n) is 25.0. The Balaban J connectivity index is 1.39. The minimum atomic E-state index is -0.925. The van der Waals surface area contributed by atoms with Crippen LogP contribution in [0, 0.1) is 24.0 Å². The monoisotopic (exact) mass is 617 g/mol. The van der Waals surface area contributed by atoms with Gasteiger partial charge in [-0.25, -0.2) is 13.2 Å². The minimum absolute atomic E-state index is 0.000316. The van der Waals surface area contributed by atoms with Gasteiger partial charge in [-0.1, -0.05) is 12.0 Å². The van der Waals surface area contributed by atoms with Crippen LogP contribution in [-0.2, 0) is 4.74 Å². The molecule has 0 unspecified atom stereocenters. The van der Waals surface area contributed by atoms with Crippen LogP contribution in [0.5, 0.6) is 11.8 Å².